The molecule has 3 nitrogen and oxygen atoms in total. The van der Waals surface area contributed by atoms with E-state index in [-0.39, 0.29) is 0 Å². The third kappa shape index (κ3) is 1.58. The Morgan fingerprint density at radius 2 is 2.15 bits per heavy atom. The highest BCUT2D eigenvalue weighted by Crippen LogP contribution is 2.19. The minimum Gasteiger partial charge on any atom is -0.313 e. The molecule has 2 heterocycles. The van der Waals surface area contributed by atoms with Gasteiger partial charge in [0.1, 0.15) is 5.52 Å². The molecule has 0 unspecified atom stereocenters. The molecule has 0 aliphatic rings. The zero-order chi connectivity index (χ0) is 9.10. The van der Waals surface area contributed by atoms with Crippen LogP contribution in [0, 0.1) is 0 Å². The Labute approximate surface area is 80.7 Å². The summed E-state index contributed by atoms with van der Waals surface area (Å²) in [6.07, 6.45) is 5.52. The van der Waals surface area contributed by atoms with Crippen LogP contribution in [0.15, 0.2) is 30.6 Å². The van der Waals surface area contributed by atoms with Crippen molar-refractivity contribution >= 4 is 28.7 Å². The fourth-order valence-electron chi connectivity index (χ4n) is 1.17. The molecule has 0 aliphatic heterocycles. The predicted molar refractivity (Wildman–Crippen MR) is 56.7 cm³/mol. The fraction of sp³-hybridized carbons (Fsp3) is 0.111. The van der Waals surface area contributed by atoms with Gasteiger partial charge in [0.2, 0.25) is 0 Å². The topological polar surface area (TPSA) is 37.8 Å². The van der Waals surface area contributed by atoms with Gasteiger partial charge in [-0.1, -0.05) is 18.0 Å². The zero-order valence-corrected chi connectivity index (χ0v) is 8.01. The van der Waals surface area contributed by atoms with E-state index in [9.17, 15) is 0 Å². The summed E-state index contributed by atoms with van der Waals surface area (Å²) >= 11 is 1.52. The lowest BCUT2D eigenvalue weighted by atomic mass is 10.2. The minimum absolute atomic E-state index is 0.825. The lowest BCUT2D eigenvalue weighted by Crippen LogP contribution is -1.91. The van der Waals surface area contributed by atoms with Gasteiger partial charge in [-0.2, -0.15) is 0 Å². The first kappa shape index (κ1) is 8.31. The summed E-state index contributed by atoms with van der Waals surface area (Å²) in [7, 11) is 0. The van der Waals surface area contributed by atoms with Crippen LogP contribution in [-0.2, 0) is 0 Å². The van der Waals surface area contributed by atoms with E-state index in [1.54, 1.807) is 12.4 Å². The first-order valence-corrected chi connectivity index (χ1v) is 5.13. The van der Waals surface area contributed by atoms with Crippen molar-refractivity contribution in [3.63, 3.8) is 0 Å². The number of nitrogens with one attached hydrogen (secondary N) is 1. The summed E-state index contributed by atoms with van der Waals surface area (Å²) in [5, 5.41) is 1.11. The van der Waals surface area contributed by atoms with E-state index in [4.69, 9.17) is 0 Å². The first-order chi connectivity index (χ1) is 6.42. The van der Waals surface area contributed by atoms with Crippen molar-refractivity contribution < 1.29 is 0 Å². The van der Waals surface area contributed by atoms with E-state index >= 15 is 0 Å². The maximum atomic E-state index is 4.26. The van der Waals surface area contributed by atoms with Crippen LogP contribution >= 0.6 is 11.9 Å². The van der Waals surface area contributed by atoms with Gasteiger partial charge in [-0.3, -0.25) is 4.98 Å². The van der Waals surface area contributed by atoms with Crippen molar-refractivity contribution in [2.45, 2.75) is 0 Å². The van der Waals surface area contributed by atoms with Crippen molar-refractivity contribution in [1.82, 2.24) is 9.97 Å². The molecule has 0 amide bonds. The molecule has 0 saturated heterocycles. The van der Waals surface area contributed by atoms with E-state index in [0.717, 1.165) is 16.7 Å². The number of nitrogens with zero attached hydrogens (tertiary/aromatic N) is 2. The monoisotopic (exact) mass is 191 g/mol. The highest BCUT2D eigenvalue weighted by molar-refractivity contribution is 7.99. The standard InChI is InChI=1S/C9H9N3S/c1-13-12-9-8-7(4-6-11-9)3-2-5-10-8/h2-6H,1H3,(H,11,12). The number of fused-ring (bicyclic) bond motifs is 1. The minimum atomic E-state index is 0.825. The maximum absolute atomic E-state index is 4.26. The third-order valence-corrected chi connectivity index (χ3v) is 2.12. The van der Waals surface area contributed by atoms with Gasteiger partial charge in [-0.25, -0.2) is 4.98 Å². The molecule has 13 heavy (non-hydrogen) atoms. The molecule has 2 aromatic heterocycles. The molecular formula is C9H9N3S. The molecular weight excluding hydrogens is 182 g/mol. The van der Waals surface area contributed by atoms with E-state index in [0.29, 0.717) is 0 Å². The summed E-state index contributed by atoms with van der Waals surface area (Å²) in [5.41, 5.74) is 0.916. The summed E-state index contributed by atoms with van der Waals surface area (Å²) in [4.78, 5) is 8.46. The average molecular weight is 191 g/mol. The molecule has 0 aromatic carbocycles. The normalized spacial score (nSPS) is 10.2. The van der Waals surface area contributed by atoms with Crippen LogP contribution in [-0.4, -0.2) is 16.2 Å². The van der Waals surface area contributed by atoms with Gasteiger partial charge in [0.05, 0.1) is 0 Å². The molecule has 66 valence electrons. The number of hydrogen-bond donors (Lipinski definition) is 1. The van der Waals surface area contributed by atoms with Crippen molar-refractivity contribution in [3.05, 3.63) is 30.6 Å². The number of pyridine rings is 2. The van der Waals surface area contributed by atoms with E-state index in [1.165, 1.54) is 11.9 Å². The van der Waals surface area contributed by atoms with Crippen LogP contribution in [0.3, 0.4) is 0 Å². The molecule has 0 radical (unpaired) electrons. The van der Waals surface area contributed by atoms with Gasteiger partial charge in [-0.05, 0) is 12.1 Å². The van der Waals surface area contributed by atoms with Crippen LogP contribution in [0.5, 0.6) is 0 Å². The summed E-state index contributed by atoms with van der Waals surface area (Å²) < 4.78 is 3.09. The molecule has 2 aromatic rings. The van der Waals surface area contributed by atoms with Crippen molar-refractivity contribution in [2.24, 2.45) is 0 Å². The Kier molecular flexibility index (Phi) is 2.31. The summed E-state index contributed by atoms with van der Waals surface area (Å²) in [6.45, 7) is 0. The van der Waals surface area contributed by atoms with Crippen molar-refractivity contribution in [1.29, 1.82) is 0 Å². The molecule has 0 saturated carbocycles. The van der Waals surface area contributed by atoms with Gasteiger partial charge in [0.25, 0.3) is 0 Å². The number of anilines is 1. The summed E-state index contributed by atoms with van der Waals surface area (Å²) in [6, 6.07) is 5.90. The highest BCUT2D eigenvalue weighted by atomic mass is 32.2. The van der Waals surface area contributed by atoms with E-state index in [2.05, 4.69) is 14.7 Å². The largest absolute Gasteiger partial charge is 0.313 e. The molecule has 2 rings (SSSR count). The lowest BCUT2D eigenvalue weighted by Gasteiger charge is -2.03. The van der Waals surface area contributed by atoms with Crippen LogP contribution in [0.25, 0.3) is 10.9 Å². The van der Waals surface area contributed by atoms with Gasteiger partial charge in [0.15, 0.2) is 5.82 Å². The van der Waals surface area contributed by atoms with Crippen LogP contribution in [0.4, 0.5) is 5.82 Å². The van der Waals surface area contributed by atoms with Crippen LogP contribution < -0.4 is 4.72 Å². The second kappa shape index (κ2) is 3.62. The van der Waals surface area contributed by atoms with Gasteiger partial charge in [0, 0.05) is 24.0 Å². The number of rotatable bonds is 2. The Hall–Kier alpha value is -1.29. The second-order valence-corrected chi connectivity index (χ2v) is 3.15. The Morgan fingerprint density at radius 1 is 1.23 bits per heavy atom. The molecule has 0 bridgehead atoms. The average Bonchev–Trinajstić information content (AvgIpc) is 2.19. The molecule has 0 aliphatic carbocycles. The van der Waals surface area contributed by atoms with Gasteiger partial charge >= 0.3 is 0 Å². The Bertz CT molecular complexity index is 411. The summed E-state index contributed by atoms with van der Waals surface area (Å²) in [5.74, 6) is 0.825. The second-order valence-electron chi connectivity index (χ2n) is 2.54. The quantitative estimate of drug-likeness (QED) is 0.739. The van der Waals surface area contributed by atoms with E-state index < -0.39 is 0 Å². The fourth-order valence-corrected chi connectivity index (χ4v) is 1.52. The third-order valence-electron chi connectivity index (χ3n) is 1.72. The van der Waals surface area contributed by atoms with Gasteiger partial charge < -0.3 is 4.72 Å². The molecule has 0 fully saturated rings. The first-order valence-electron chi connectivity index (χ1n) is 3.90. The van der Waals surface area contributed by atoms with E-state index in [1.807, 2.05) is 24.5 Å². The molecule has 1 N–H and O–H groups in total. The van der Waals surface area contributed by atoms with Crippen LogP contribution in [0.1, 0.15) is 0 Å². The SMILES string of the molecule is CSNc1nccc2cccnc12. The Balaban J connectivity index is 2.61. The van der Waals surface area contributed by atoms with Crippen molar-refractivity contribution in [3.8, 4) is 0 Å². The molecule has 0 spiro atoms. The van der Waals surface area contributed by atoms with Crippen molar-refractivity contribution in [2.75, 3.05) is 11.0 Å². The number of hydrogen-bond acceptors (Lipinski definition) is 4. The highest BCUT2D eigenvalue weighted by Gasteiger charge is 2.00. The zero-order valence-electron chi connectivity index (χ0n) is 7.19. The smallest absolute Gasteiger partial charge is 0.162 e. The molecule has 0 atom stereocenters. The number of aromatic nitrogens is 2. The molecule has 4 heteroatoms. The lowest BCUT2D eigenvalue weighted by molar-refractivity contribution is 1.32. The predicted octanol–water partition coefficient (Wildman–Crippen LogP) is 2.32. The van der Waals surface area contributed by atoms with Gasteiger partial charge in [-0.15, -0.1) is 0 Å². The maximum Gasteiger partial charge on any atom is 0.162 e. The van der Waals surface area contributed by atoms with Crippen LogP contribution in [0.2, 0.25) is 0 Å². The Morgan fingerprint density at radius 3 is 3.00 bits per heavy atom.